The van der Waals surface area contributed by atoms with Crippen molar-refractivity contribution in [1.82, 2.24) is 31.9 Å². The predicted molar refractivity (Wildman–Crippen MR) is 417 cm³/mol. The maximum absolute atomic E-state index is 13.3. The van der Waals surface area contributed by atoms with Gasteiger partial charge in [-0.2, -0.15) is 0 Å². The van der Waals surface area contributed by atoms with E-state index in [-0.39, 0.29) is 97.8 Å². The molecule has 6 aromatic carbocycles. The Kier molecular flexibility index (Phi) is 35.3. The highest BCUT2D eigenvalue weighted by atomic mass is 16.6. The van der Waals surface area contributed by atoms with Crippen molar-refractivity contribution in [1.29, 1.82) is 0 Å². The van der Waals surface area contributed by atoms with Crippen LogP contribution in [0.4, 0.5) is 28.8 Å². The second-order valence-corrected chi connectivity index (χ2v) is 29.4. The average Bonchev–Trinajstić information content (AvgIpc) is 1.58. The normalized spacial score (nSPS) is 12.4. The van der Waals surface area contributed by atoms with Gasteiger partial charge in [-0.15, -0.1) is 0 Å². The highest BCUT2D eigenvalue weighted by Crippen LogP contribution is 2.41. The molecule has 1 aliphatic carbocycles. The summed E-state index contributed by atoms with van der Waals surface area (Å²) in [6, 6.07) is 38.8. The van der Waals surface area contributed by atoms with Gasteiger partial charge in [-0.05, 0) is 187 Å². The molecule has 7 rings (SSSR count). The topological polar surface area (TPSA) is 364 Å². The Morgan fingerprint density at radius 1 is 0.333 bits per heavy atom. The van der Waals surface area contributed by atoms with Gasteiger partial charge in [0.2, 0.25) is 0 Å². The number of esters is 3. The number of amides is 6. The van der Waals surface area contributed by atoms with E-state index in [1.54, 1.807) is 62.3 Å². The van der Waals surface area contributed by atoms with E-state index in [1.165, 1.54) is 21.3 Å². The third-order valence-electron chi connectivity index (χ3n) is 16.5. The molecule has 0 aliphatic heterocycles. The van der Waals surface area contributed by atoms with E-state index in [9.17, 15) is 43.2 Å². The molecule has 0 radical (unpaired) electrons. The third kappa shape index (κ3) is 33.6. The van der Waals surface area contributed by atoms with E-state index in [0.29, 0.717) is 73.0 Å². The summed E-state index contributed by atoms with van der Waals surface area (Å²) in [5.74, 6) is 0.786. The number of methoxy groups -OCH3 is 3. The smallest absolute Gasteiger partial charge is 0.410 e. The Hall–Kier alpha value is -11.9. The Morgan fingerprint density at radius 2 is 0.570 bits per heavy atom. The lowest BCUT2D eigenvalue weighted by Crippen LogP contribution is -2.43. The van der Waals surface area contributed by atoms with Crippen molar-refractivity contribution < 1.29 is 114 Å². The molecule has 30 nitrogen and oxygen atoms in total. The van der Waals surface area contributed by atoms with Crippen molar-refractivity contribution in [3.63, 3.8) is 0 Å². The molecule has 0 unspecified atom stereocenters. The molecule has 0 fully saturated rings. The van der Waals surface area contributed by atoms with E-state index in [4.69, 9.17) is 71.1 Å². The number of rotatable bonds is 39. The fourth-order valence-electron chi connectivity index (χ4n) is 11.2. The molecule has 0 heterocycles. The fraction of sp³-hybridized carbons (Fsp3) is 0.464. The number of nitrogens with one attached hydrogen (secondary N) is 6. The highest BCUT2D eigenvalue weighted by Gasteiger charge is 2.29. The van der Waals surface area contributed by atoms with E-state index in [0.717, 1.165) is 50.1 Å². The lowest BCUT2D eigenvalue weighted by molar-refractivity contribution is -0.146. The number of fused-ring (bicyclic) bond motifs is 3. The molecule has 6 N–H and O–H groups in total. The van der Waals surface area contributed by atoms with Crippen LogP contribution in [-0.2, 0) is 96.1 Å². The molecule has 30 heteroatoms. The molecule has 0 bridgehead atoms. The van der Waals surface area contributed by atoms with Crippen LogP contribution in [0.2, 0.25) is 0 Å². The molecular formula is C84H108N6O24. The lowest BCUT2D eigenvalue weighted by Gasteiger charge is -2.23. The van der Waals surface area contributed by atoms with E-state index in [2.05, 4.69) is 31.9 Å². The summed E-state index contributed by atoms with van der Waals surface area (Å²) >= 11 is 0. The Morgan fingerprint density at radius 3 is 0.798 bits per heavy atom. The number of hydrogen-bond acceptors (Lipinski definition) is 24. The summed E-state index contributed by atoms with van der Waals surface area (Å²) in [4.78, 5) is 117. The number of hydrogen-bond donors (Lipinski definition) is 6. The van der Waals surface area contributed by atoms with Crippen LogP contribution in [0.15, 0.2) is 127 Å². The first-order valence-electron chi connectivity index (χ1n) is 37.8. The average molecular weight is 1590 g/mol. The molecule has 6 amide bonds. The largest absolute Gasteiger partial charge is 0.493 e. The summed E-state index contributed by atoms with van der Waals surface area (Å²) in [6.07, 6.45) is -7.79. The van der Waals surface area contributed by atoms with Crippen molar-refractivity contribution in [3.8, 4) is 34.5 Å². The minimum Gasteiger partial charge on any atom is -0.493 e. The van der Waals surface area contributed by atoms with Crippen molar-refractivity contribution >= 4 is 54.5 Å². The van der Waals surface area contributed by atoms with Crippen LogP contribution in [0.1, 0.15) is 170 Å². The number of carbonyl (C=O) groups is 9. The van der Waals surface area contributed by atoms with Crippen molar-refractivity contribution in [3.05, 3.63) is 177 Å². The number of benzene rings is 6. The van der Waals surface area contributed by atoms with Gasteiger partial charge in [0.25, 0.3) is 0 Å². The Balaban J connectivity index is 1.05. The van der Waals surface area contributed by atoms with Gasteiger partial charge in [0.05, 0.1) is 60.4 Å². The van der Waals surface area contributed by atoms with E-state index in [1.807, 2.05) is 127 Å². The van der Waals surface area contributed by atoms with Gasteiger partial charge in [0.1, 0.15) is 36.6 Å². The molecule has 1 aliphatic rings. The zero-order valence-electron chi connectivity index (χ0n) is 67.0. The minimum atomic E-state index is -1.25. The van der Waals surface area contributed by atoms with Gasteiger partial charge >= 0.3 is 54.5 Å². The van der Waals surface area contributed by atoms with Crippen LogP contribution in [-0.4, -0.2) is 151 Å². The van der Waals surface area contributed by atoms with Crippen LogP contribution in [0.3, 0.4) is 0 Å². The van der Waals surface area contributed by atoms with Crippen molar-refractivity contribution in [2.75, 3.05) is 60.8 Å². The van der Waals surface area contributed by atoms with Crippen LogP contribution in [0.5, 0.6) is 34.5 Å². The zero-order chi connectivity index (χ0) is 82.6. The first-order valence-corrected chi connectivity index (χ1v) is 37.8. The summed E-state index contributed by atoms with van der Waals surface area (Å²) in [5.41, 5.74) is 4.97. The summed E-state index contributed by atoms with van der Waals surface area (Å²) in [6.45, 7) is 15.8. The van der Waals surface area contributed by atoms with E-state index < -0.39 is 90.0 Å². The Bertz CT molecular complexity index is 3710. The number of alkyl carbamates (subject to hydrolysis) is 6. The molecule has 114 heavy (non-hydrogen) atoms. The van der Waals surface area contributed by atoms with Gasteiger partial charge in [-0.3, -0.25) is 30.3 Å². The molecular weight excluding hydrogens is 1480 g/mol. The second kappa shape index (κ2) is 45.0. The van der Waals surface area contributed by atoms with Gasteiger partial charge in [-0.25, -0.2) is 28.8 Å². The van der Waals surface area contributed by atoms with Crippen molar-refractivity contribution in [2.24, 2.45) is 0 Å². The SMILES string of the molecule is COc1cc2c(cc1OCCCNC(=O)O[C@@H](CCC(=O)OCc1ccccc1)NC(=O)OC(C)(C)C)Cc1cc(OC)c(OCCCNC(=O)O[C@@H](CCC(=O)OCc3ccccc3)NC(=O)OC(C)(C)C)cc1Cc1cc(OC)c(OCCCNC(=O)O[C@@H](CCC(=O)OCc3ccccc3)NC(=O)OC(C)(C)C)cc1C2. The van der Waals surface area contributed by atoms with Gasteiger partial charge in [0, 0.05) is 38.9 Å². The fourth-order valence-corrected chi connectivity index (χ4v) is 11.2. The van der Waals surface area contributed by atoms with E-state index >= 15 is 0 Å². The maximum Gasteiger partial charge on any atom is 0.410 e. The van der Waals surface area contributed by atoms with Gasteiger partial charge < -0.3 is 87.0 Å². The van der Waals surface area contributed by atoms with Gasteiger partial charge in [-0.1, -0.05) is 91.0 Å². The number of ether oxygens (including phenoxy) is 15. The molecule has 0 spiro atoms. The predicted octanol–water partition coefficient (Wildman–Crippen LogP) is 13.4. The second-order valence-electron chi connectivity index (χ2n) is 29.4. The summed E-state index contributed by atoms with van der Waals surface area (Å²) in [5, 5.41) is 15.6. The molecule has 0 aromatic heterocycles. The quantitative estimate of drug-likeness (QED) is 0.00902. The van der Waals surface area contributed by atoms with Crippen LogP contribution in [0.25, 0.3) is 0 Å². The van der Waals surface area contributed by atoms with Crippen LogP contribution < -0.4 is 60.3 Å². The van der Waals surface area contributed by atoms with Crippen molar-refractivity contribution in [2.45, 2.75) is 195 Å². The zero-order valence-corrected chi connectivity index (χ0v) is 67.0. The number of carbonyl (C=O) groups excluding carboxylic acids is 9. The Labute approximate surface area is 665 Å². The maximum atomic E-state index is 13.3. The molecule has 0 saturated carbocycles. The first kappa shape index (κ1) is 89.4. The summed E-state index contributed by atoms with van der Waals surface area (Å²) < 4.78 is 86.4. The highest BCUT2D eigenvalue weighted by molar-refractivity contribution is 5.74. The standard InChI is InChI=1S/C84H108N6O24/c1-82(2,3)112-79(97)88-70(31-34-73(91)106-52-55-25-16-13-17-26-55)109-76(94)85-37-22-40-103-67-49-61-43-59-47-65(101-11)69(105-42-24-39-87-78(96)111-72(90-81(99)114-84(7,8)9)33-36-75(93)108-54-57-29-20-15-21-30-57)51-63(59)45-60-48-66(102-12)68(50-62(60)44-58(61)46-64(67)100-10)104-41-23-38-86-77(95)110-71(89-80(98)113-83(4,5)6)32-35-74(92)107-53-56-27-18-14-19-28-56/h13-21,25-30,46-51,70-72H,22-24,31-45,52-54H2,1-12H3,(H,85,94)(H,86,95)(H,87,96)(H,88,97)(H,89,98)(H,90,99)/t70-,71-,72-/m0/s1. The molecule has 618 valence electrons. The lowest BCUT2D eigenvalue weighted by atomic mass is 9.94. The monoisotopic (exact) mass is 1580 g/mol. The molecule has 3 atom stereocenters. The minimum absolute atomic E-state index is 0.0431. The molecule has 6 aromatic rings. The molecule has 0 saturated heterocycles. The van der Waals surface area contributed by atoms with Gasteiger partial charge in [0.15, 0.2) is 53.2 Å². The first-order chi connectivity index (χ1) is 54.4. The van der Waals surface area contributed by atoms with Crippen LogP contribution in [0, 0.1) is 0 Å². The van der Waals surface area contributed by atoms with Crippen LogP contribution >= 0.6 is 0 Å². The third-order valence-corrected chi connectivity index (χ3v) is 16.5. The summed E-state index contributed by atoms with van der Waals surface area (Å²) in [7, 11) is 4.58.